The minimum absolute atomic E-state index is 0. The van der Waals surface area contributed by atoms with E-state index in [0.29, 0.717) is 28.7 Å². The molecule has 1 aromatic rings. The van der Waals surface area contributed by atoms with Crippen LogP contribution < -0.4 is 5.19 Å². The molecule has 14 unspecified atom stereocenters. The van der Waals surface area contributed by atoms with Crippen molar-refractivity contribution in [2.45, 2.75) is 179 Å². The van der Waals surface area contributed by atoms with Crippen LogP contribution in [0.5, 0.6) is 0 Å². The molecule has 2 aliphatic heterocycles. The molecule has 6 aliphatic carbocycles. The first kappa shape index (κ1) is 56.9. The zero-order valence-corrected chi connectivity index (χ0v) is 51.8. The summed E-state index contributed by atoms with van der Waals surface area (Å²) in [6.07, 6.45) is -7.53. The summed E-state index contributed by atoms with van der Waals surface area (Å²) in [4.78, 5) is 28.1. The zero-order chi connectivity index (χ0) is 48.4. The van der Waals surface area contributed by atoms with Crippen LogP contribution in [0.15, 0.2) is 52.6 Å². The van der Waals surface area contributed by atoms with Gasteiger partial charge in [-0.25, -0.2) is 0 Å². The zero-order valence-electron chi connectivity index (χ0n) is 41.3. The van der Waals surface area contributed by atoms with E-state index in [4.69, 9.17) is 13.9 Å². The number of Topliss-reactive ketones (excluding diaryl/α,β-unsaturated/α-hetero) is 2. The van der Waals surface area contributed by atoms with Crippen LogP contribution in [0.3, 0.4) is 0 Å². The maximum Gasteiger partial charge on any atom is 0.218 e. The van der Waals surface area contributed by atoms with Crippen LogP contribution in [0.25, 0.3) is 0 Å². The van der Waals surface area contributed by atoms with Crippen LogP contribution in [0.1, 0.15) is 94.9 Å². The molecule has 6 fully saturated rings. The molecule has 9 N–H and O–H groups in total. The second kappa shape index (κ2) is 18.2. The molecule has 4 bridgehead atoms. The molecule has 18 atom stereocenters. The standard InChI is InChI=1S/C29H42O7Si.C21H32O7.2Ac/c1-16-19(30)14-29(34)17(2)24-27(5,25(32)23(31)22(16)26(29,3)4)20(13-21-28(24,33)15-35-21)36-37(6,7)18-11-9-8-10-12-18;1-9-11(22)7-21(27)10(2)16-19(5,12(23)6-13-20(16,26)8-28-13)17(25)15(24)14(9)18(21,3)4;;/h8-12,17,19-21,23-24,30-31,33-34H,13-15H2,1-7H3;10-13,15-16,22-24,26-27H,6-8H2,1-5H3;;/t17?,19?,20?,21?,23?,24?,27-,28+,29?;10?,11?,12?,13?,15?,16?,19-,20+,21?;;/m11../s1. The number of carbonyl (C=O) groups is 2. The van der Waals surface area contributed by atoms with E-state index in [1.54, 1.807) is 48.5 Å². The Balaban J connectivity index is 0.000000222. The fraction of sp³-hybridized carbons (Fsp3) is 0.760. The van der Waals surface area contributed by atoms with Gasteiger partial charge in [0, 0.05) is 136 Å². The number of benzene rings is 1. The van der Waals surface area contributed by atoms with E-state index in [0.717, 1.165) is 5.19 Å². The molecule has 1 aromatic carbocycles. The van der Waals surface area contributed by atoms with Crippen LogP contribution in [-0.2, 0) is 23.5 Å². The van der Waals surface area contributed by atoms with E-state index in [2.05, 4.69) is 13.1 Å². The van der Waals surface area contributed by atoms with Gasteiger partial charge >= 0.3 is 0 Å². The van der Waals surface area contributed by atoms with E-state index in [1.165, 1.54) is 0 Å². The third kappa shape index (κ3) is 7.59. The van der Waals surface area contributed by atoms with E-state index >= 15 is 0 Å². The summed E-state index contributed by atoms with van der Waals surface area (Å²) in [5.41, 5.74) is -8.78. The number of aliphatic hydroxyl groups is 9. The quantitative estimate of drug-likeness (QED) is 0.155. The third-order valence-electron chi connectivity index (χ3n) is 19.6. The Kier molecular flexibility index (Phi) is 15.5. The molecule has 14 nitrogen and oxygen atoms in total. The predicted molar refractivity (Wildman–Crippen MR) is 241 cm³/mol. The molecule has 2 radical (unpaired) electrons. The first-order valence-electron chi connectivity index (χ1n) is 23.5. The summed E-state index contributed by atoms with van der Waals surface area (Å²) in [6, 6.07) is 9.97. The molecular weight excluding hydrogens is 1310 g/mol. The van der Waals surface area contributed by atoms with E-state index < -0.39 is 136 Å². The fourth-order valence-electron chi connectivity index (χ4n) is 15.4. The van der Waals surface area contributed by atoms with Gasteiger partial charge in [-0.15, -0.1) is 0 Å². The number of fused-ring (bicyclic) bond motifs is 10. The van der Waals surface area contributed by atoms with E-state index in [1.807, 2.05) is 51.1 Å². The number of hydrogen-bond acceptors (Lipinski definition) is 14. The van der Waals surface area contributed by atoms with Crippen LogP contribution >= 0.6 is 0 Å². The predicted octanol–water partition coefficient (Wildman–Crippen LogP) is 1.98. The first-order chi connectivity index (χ1) is 29.8. The second-order valence-corrected chi connectivity index (χ2v) is 27.2. The average molecular weight is 1380 g/mol. The number of ketones is 2. The molecule has 2 saturated heterocycles. The number of carbonyl (C=O) groups excluding carboxylic acids is 2. The Morgan fingerprint density at radius 1 is 0.627 bits per heavy atom. The molecule has 17 heteroatoms. The summed E-state index contributed by atoms with van der Waals surface area (Å²) in [6.45, 7) is 21.9. The Morgan fingerprint density at radius 2 is 1.01 bits per heavy atom. The van der Waals surface area contributed by atoms with E-state index in [9.17, 15) is 55.5 Å². The Morgan fingerprint density at radius 3 is 1.42 bits per heavy atom. The molecule has 67 heavy (non-hydrogen) atoms. The van der Waals surface area contributed by atoms with Crippen molar-refractivity contribution in [1.29, 1.82) is 0 Å². The SMILES string of the molecule is CC1=C2C(O)C(=O)[C@]3(C)C(O)CC4OC[C@@]4(O)C3C(C)C(O)(CC1O)C2(C)C.CC1=C2C(O)C(=O)[C@]3(C)C(O[Si](C)(C)c4ccccc4)CC4OC[C@@]4(O)C3C(C)C(O)(CC1O)C2(C)C.[Ac].[Ac]. The fourth-order valence-corrected chi connectivity index (χ4v) is 17.6. The van der Waals surface area contributed by atoms with Crippen molar-refractivity contribution < 1.29 is 158 Å². The second-order valence-electron chi connectivity index (χ2n) is 23.4. The Labute approximate surface area is 467 Å². The topological polar surface area (TPSA) is 244 Å². The smallest absolute Gasteiger partial charge is 0.218 e. The van der Waals surface area contributed by atoms with Crippen molar-refractivity contribution in [1.82, 2.24) is 0 Å². The number of hydrogen-bond donors (Lipinski definition) is 9. The molecule has 0 amide bonds. The molecule has 368 valence electrons. The minimum Gasteiger partial charge on any atom is -0.409 e. The van der Waals surface area contributed by atoms with Crippen molar-refractivity contribution in [3.05, 3.63) is 52.6 Å². The van der Waals surface area contributed by atoms with Gasteiger partial charge in [0.2, 0.25) is 8.32 Å². The average Bonchev–Trinajstić information content (AvgIpc) is 3.22. The summed E-state index contributed by atoms with van der Waals surface area (Å²) in [5, 5.41) is 104. The monoisotopic (exact) mass is 1380 g/mol. The number of rotatable bonds is 3. The van der Waals surface area contributed by atoms with Crippen molar-refractivity contribution in [3.8, 4) is 0 Å². The number of ether oxygens (including phenoxy) is 2. The van der Waals surface area contributed by atoms with Crippen molar-refractivity contribution >= 4 is 25.1 Å². The van der Waals surface area contributed by atoms with Gasteiger partial charge in [-0.1, -0.05) is 71.9 Å². The van der Waals surface area contributed by atoms with E-state index in [-0.39, 0.29) is 121 Å². The van der Waals surface area contributed by atoms with Gasteiger partial charge in [0.05, 0.1) is 71.9 Å². The largest absolute Gasteiger partial charge is 0.409 e. The maximum atomic E-state index is 14.5. The summed E-state index contributed by atoms with van der Waals surface area (Å²) < 4.78 is 18.3. The van der Waals surface area contributed by atoms with Gasteiger partial charge in [-0.3, -0.25) is 9.59 Å². The van der Waals surface area contributed by atoms with Gasteiger partial charge < -0.3 is 59.9 Å². The Bertz CT molecular complexity index is 2200. The van der Waals surface area contributed by atoms with Gasteiger partial charge in [-0.05, 0) is 80.1 Å². The Hall–Kier alpha value is 0.660. The molecule has 2 heterocycles. The van der Waals surface area contributed by atoms with Gasteiger partial charge in [0.15, 0.2) is 11.6 Å². The van der Waals surface area contributed by atoms with Gasteiger partial charge in [0.25, 0.3) is 0 Å². The van der Waals surface area contributed by atoms with Crippen LogP contribution in [-0.4, -0.2) is 150 Å². The first-order valence-corrected chi connectivity index (χ1v) is 26.5. The van der Waals surface area contributed by atoms with Gasteiger partial charge in [0.1, 0.15) is 23.4 Å². The summed E-state index contributed by atoms with van der Waals surface area (Å²) in [7, 11) is -2.53. The van der Waals surface area contributed by atoms with Crippen LogP contribution in [0, 0.1) is 133 Å². The molecule has 9 rings (SSSR count). The van der Waals surface area contributed by atoms with Gasteiger partial charge in [-0.2, -0.15) is 0 Å². The third-order valence-corrected chi connectivity index (χ3v) is 22.2. The van der Waals surface area contributed by atoms with Crippen LogP contribution in [0.4, 0.5) is 0 Å². The molecule has 4 saturated carbocycles. The maximum absolute atomic E-state index is 14.5. The summed E-state index contributed by atoms with van der Waals surface area (Å²) >= 11 is 0. The molecule has 8 aliphatic rings. The van der Waals surface area contributed by atoms with Crippen molar-refractivity contribution in [2.75, 3.05) is 13.2 Å². The minimum atomic E-state index is -2.53. The molecule has 0 aromatic heterocycles. The van der Waals surface area contributed by atoms with Crippen LogP contribution in [0.2, 0.25) is 13.1 Å². The normalized spacial score (nSPS) is 48.3. The summed E-state index contributed by atoms with van der Waals surface area (Å²) in [5.74, 6) is -3.84. The molecule has 0 spiro atoms. The number of aliphatic hydroxyl groups excluding tert-OH is 5. The van der Waals surface area contributed by atoms with Crippen molar-refractivity contribution in [3.63, 3.8) is 0 Å². The van der Waals surface area contributed by atoms with Crippen molar-refractivity contribution in [2.24, 2.45) is 45.3 Å². The molecular formula is C50H74Ac2O14Si.